The zero-order valence-electron chi connectivity index (χ0n) is 9.05. The van der Waals surface area contributed by atoms with E-state index < -0.39 is 11.9 Å². The predicted octanol–water partition coefficient (Wildman–Crippen LogP) is -0.306. The Bertz CT molecular complexity index is 391. The monoisotopic (exact) mass is 239 g/mol. The lowest BCUT2D eigenvalue weighted by Gasteiger charge is -2.06. The number of carboxylic acid groups (broad SMARTS) is 1. The van der Waals surface area contributed by atoms with Gasteiger partial charge in [-0.2, -0.15) is 0 Å². The lowest BCUT2D eigenvalue weighted by Crippen LogP contribution is -2.20. The minimum Gasteiger partial charge on any atom is -0.477 e. The number of nitrogens with zero attached hydrogens (tertiary/aromatic N) is 1. The third-order valence-corrected chi connectivity index (χ3v) is 1.80. The van der Waals surface area contributed by atoms with Crippen molar-refractivity contribution in [3.05, 3.63) is 24.0 Å². The summed E-state index contributed by atoms with van der Waals surface area (Å²) in [5.74, 6) is -1.58. The number of aromatic carboxylic acids is 1. The van der Waals surface area contributed by atoms with Crippen LogP contribution in [-0.2, 0) is 9.53 Å². The molecule has 0 aliphatic heterocycles. The highest BCUT2D eigenvalue weighted by molar-refractivity contribution is 5.85. The fourth-order valence-corrected chi connectivity index (χ4v) is 1.07. The molecule has 4 N–H and O–H groups in total. The number of ether oxygens (including phenoxy) is 1. The van der Waals surface area contributed by atoms with Gasteiger partial charge in [0.05, 0.1) is 18.5 Å². The van der Waals surface area contributed by atoms with Gasteiger partial charge in [0, 0.05) is 6.54 Å². The van der Waals surface area contributed by atoms with Crippen molar-refractivity contribution in [1.82, 2.24) is 4.98 Å². The van der Waals surface area contributed by atoms with E-state index in [9.17, 15) is 9.59 Å². The standard InChI is InChI=1S/C10H13N3O4/c11-9(14)6-17-4-3-12-7-1-2-8(10(15)16)13-5-7/h1-2,5,12H,3-4,6H2,(H2,11,14)(H,15,16). The average molecular weight is 239 g/mol. The lowest BCUT2D eigenvalue weighted by molar-refractivity contribution is -0.122. The predicted molar refractivity (Wildman–Crippen MR) is 59.7 cm³/mol. The van der Waals surface area contributed by atoms with Crippen LogP contribution in [0.15, 0.2) is 18.3 Å². The number of anilines is 1. The molecule has 1 amide bonds. The van der Waals surface area contributed by atoms with E-state index in [1.165, 1.54) is 12.3 Å². The molecule has 0 fully saturated rings. The molecule has 17 heavy (non-hydrogen) atoms. The molecule has 0 unspecified atom stereocenters. The van der Waals surface area contributed by atoms with Crippen LogP contribution in [0.5, 0.6) is 0 Å². The molecule has 1 heterocycles. The Morgan fingerprint density at radius 1 is 1.47 bits per heavy atom. The first-order valence-electron chi connectivity index (χ1n) is 4.89. The van der Waals surface area contributed by atoms with E-state index in [0.717, 1.165) is 0 Å². The summed E-state index contributed by atoms with van der Waals surface area (Å²) in [6.45, 7) is 0.683. The molecule has 0 saturated carbocycles. The van der Waals surface area contributed by atoms with Crippen LogP contribution in [0, 0.1) is 0 Å². The third kappa shape index (κ3) is 4.94. The van der Waals surface area contributed by atoms with Gasteiger partial charge < -0.3 is 20.9 Å². The fraction of sp³-hybridized carbons (Fsp3) is 0.300. The molecule has 0 radical (unpaired) electrons. The van der Waals surface area contributed by atoms with Gasteiger partial charge in [-0.3, -0.25) is 4.79 Å². The van der Waals surface area contributed by atoms with E-state index in [4.69, 9.17) is 15.6 Å². The normalized spacial score (nSPS) is 9.88. The molecule has 1 rings (SSSR count). The number of carboxylic acids is 1. The maximum Gasteiger partial charge on any atom is 0.354 e. The van der Waals surface area contributed by atoms with E-state index in [0.29, 0.717) is 18.8 Å². The van der Waals surface area contributed by atoms with Crippen molar-refractivity contribution >= 4 is 17.6 Å². The number of hydrogen-bond donors (Lipinski definition) is 3. The summed E-state index contributed by atoms with van der Waals surface area (Å²) in [5, 5.41) is 11.6. The maximum absolute atomic E-state index is 10.5. The number of carbonyl (C=O) groups excluding carboxylic acids is 1. The van der Waals surface area contributed by atoms with Gasteiger partial charge in [-0.05, 0) is 12.1 Å². The van der Waals surface area contributed by atoms with Gasteiger partial charge in [0.1, 0.15) is 12.3 Å². The van der Waals surface area contributed by atoms with Gasteiger partial charge in [-0.25, -0.2) is 9.78 Å². The van der Waals surface area contributed by atoms with E-state index >= 15 is 0 Å². The first kappa shape index (κ1) is 12.9. The smallest absolute Gasteiger partial charge is 0.354 e. The van der Waals surface area contributed by atoms with Gasteiger partial charge >= 0.3 is 5.97 Å². The molecular weight excluding hydrogens is 226 g/mol. The Labute approximate surface area is 97.6 Å². The largest absolute Gasteiger partial charge is 0.477 e. The number of rotatable bonds is 7. The van der Waals surface area contributed by atoms with Crippen LogP contribution < -0.4 is 11.1 Å². The molecule has 0 aromatic carbocycles. The number of aromatic nitrogens is 1. The second kappa shape index (κ2) is 6.44. The van der Waals surface area contributed by atoms with Crippen LogP contribution in [0.25, 0.3) is 0 Å². The summed E-state index contributed by atoms with van der Waals surface area (Å²) >= 11 is 0. The van der Waals surface area contributed by atoms with Crippen molar-refractivity contribution in [2.45, 2.75) is 0 Å². The van der Waals surface area contributed by atoms with Crippen LogP contribution in [0.4, 0.5) is 5.69 Å². The molecule has 0 aliphatic rings. The quantitative estimate of drug-likeness (QED) is 0.562. The van der Waals surface area contributed by atoms with Crippen LogP contribution in [-0.4, -0.2) is 41.7 Å². The minimum absolute atomic E-state index is 0.0134. The molecule has 1 aromatic heterocycles. The summed E-state index contributed by atoms with van der Waals surface area (Å²) in [5.41, 5.74) is 5.55. The second-order valence-electron chi connectivity index (χ2n) is 3.18. The van der Waals surface area contributed by atoms with E-state index in [2.05, 4.69) is 10.3 Å². The van der Waals surface area contributed by atoms with Gasteiger partial charge in [0.2, 0.25) is 5.91 Å². The molecule has 1 aromatic rings. The first-order valence-corrected chi connectivity index (χ1v) is 4.89. The van der Waals surface area contributed by atoms with E-state index in [-0.39, 0.29) is 12.3 Å². The van der Waals surface area contributed by atoms with Crippen LogP contribution >= 0.6 is 0 Å². The Balaban J connectivity index is 2.27. The third-order valence-electron chi connectivity index (χ3n) is 1.80. The Morgan fingerprint density at radius 3 is 2.76 bits per heavy atom. The highest BCUT2D eigenvalue weighted by Gasteiger charge is 2.02. The van der Waals surface area contributed by atoms with E-state index in [1.807, 2.05) is 0 Å². The van der Waals surface area contributed by atoms with Crippen LogP contribution in [0.3, 0.4) is 0 Å². The first-order chi connectivity index (χ1) is 8.09. The average Bonchev–Trinajstić information content (AvgIpc) is 2.29. The summed E-state index contributed by atoms with van der Waals surface area (Å²) < 4.78 is 4.93. The summed E-state index contributed by atoms with van der Waals surface area (Å²) in [7, 11) is 0. The van der Waals surface area contributed by atoms with Gasteiger partial charge in [0.25, 0.3) is 0 Å². The molecule has 7 heteroatoms. The number of nitrogens with two attached hydrogens (primary N) is 1. The lowest BCUT2D eigenvalue weighted by atomic mass is 10.3. The molecule has 7 nitrogen and oxygen atoms in total. The number of nitrogens with one attached hydrogen (secondary N) is 1. The molecule has 92 valence electrons. The second-order valence-corrected chi connectivity index (χ2v) is 3.18. The molecular formula is C10H13N3O4. The molecule has 0 aliphatic carbocycles. The Morgan fingerprint density at radius 2 is 2.24 bits per heavy atom. The highest BCUT2D eigenvalue weighted by Crippen LogP contribution is 2.05. The van der Waals surface area contributed by atoms with Crippen molar-refractivity contribution in [3.63, 3.8) is 0 Å². The summed E-state index contributed by atoms with van der Waals surface area (Å²) in [6.07, 6.45) is 1.41. The minimum atomic E-state index is -1.07. The molecule has 0 spiro atoms. The van der Waals surface area contributed by atoms with Crippen molar-refractivity contribution in [3.8, 4) is 0 Å². The highest BCUT2D eigenvalue weighted by atomic mass is 16.5. The van der Waals surface area contributed by atoms with Gasteiger partial charge in [-0.1, -0.05) is 0 Å². The molecule has 0 atom stereocenters. The van der Waals surface area contributed by atoms with E-state index in [1.54, 1.807) is 6.07 Å². The topological polar surface area (TPSA) is 115 Å². The fourth-order valence-electron chi connectivity index (χ4n) is 1.07. The zero-order valence-corrected chi connectivity index (χ0v) is 9.05. The Hall–Kier alpha value is -2.15. The van der Waals surface area contributed by atoms with Crippen molar-refractivity contribution in [2.24, 2.45) is 5.73 Å². The number of amides is 1. The summed E-state index contributed by atoms with van der Waals surface area (Å²) in [4.78, 5) is 24.6. The van der Waals surface area contributed by atoms with Crippen molar-refractivity contribution < 1.29 is 19.4 Å². The van der Waals surface area contributed by atoms with Crippen molar-refractivity contribution in [1.29, 1.82) is 0 Å². The summed E-state index contributed by atoms with van der Waals surface area (Å²) in [6, 6.07) is 3.00. The van der Waals surface area contributed by atoms with Crippen LogP contribution in [0.2, 0.25) is 0 Å². The number of primary amides is 1. The molecule has 0 saturated heterocycles. The van der Waals surface area contributed by atoms with Crippen LogP contribution in [0.1, 0.15) is 10.5 Å². The number of carbonyl (C=O) groups is 2. The number of pyridine rings is 1. The SMILES string of the molecule is NC(=O)COCCNc1ccc(C(=O)O)nc1. The van der Waals surface area contributed by atoms with Gasteiger partial charge in [0.15, 0.2) is 0 Å². The van der Waals surface area contributed by atoms with Gasteiger partial charge in [-0.15, -0.1) is 0 Å². The van der Waals surface area contributed by atoms with Crippen molar-refractivity contribution in [2.75, 3.05) is 25.1 Å². The maximum atomic E-state index is 10.5. The molecule has 0 bridgehead atoms. The Kier molecular flexibility index (Phi) is 4.89. The zero-order chi connectivity index (χ0) is 12.7. The number of hydrogen-bond acceptors (Lipinski definition) is 5.